The molecule has 0 aliphatic heterocycles. The van der Waals surface area contributed by atoms with Crippen LogP contribution in [0.15, 0.2) is 83.4 Å². The molecule has 0 spiro atoms. The zero-order chi connectivity index (χ0) is 27.9. The van der Waals surface area contributed by atoms with Crippen molar-refractivity contribution in [3.8, 4) is 6.07 Å². The maximum atomic E-state index is 12.9. The highest BCUT2D eigenvalue weighted by atomic mass is 32.2. The molecule has 3 saturated carbocycles. The van der Waals surface area contributed by atoms with Crippen molar-refractivity contribution >= 4 is 49.5 Å². The van der Waals surface area contributed by atoms with E-state index in [1.54, 1.807) is 24.4 Å². The van der Waals surface area contributed by atoms with Gasteiger partial charge >= 0.3 is 0 Å². The van der Waals surface area contributed by atoms with E-state index in [-0.39, 0.29) is 17.5 Å². The number of nitrogens with zero attached hydrogens (tertiary/aromatic N) is 3. The number of nitrogens with one attached hydrogen (secondary N) is 3. The van der Waals surface area contributed by atoms with Gasteiger partial charge in [-0.1, -0.05) is 0 Å². The van der Waals surface area contributed by atoms with Crippen molar-refractivity contribution < 1.29 is 9.00 Å². The fourth-order valence-corrected chi connectivity index (χ4v) is 6.61. The molecule has 202 valence electrons. The molecule has 3 fully saturated rings. The summed E-state index contributed by atoms with van der Waals surface area (Å²) in [7, 11) is -2.59. The predicted octanol–water partition coefficient (Wildman–Crippen LogP) is 5.41. The molecule has 1 aromatic heterocycles. The number of rotatable bonds is 7. The van der Waals surface area contributed by atoms with Gasteiger partial charge in [0, 0.05) is 51.7 Å². The Kier molecular flexibility index (Phi) is 6.41. The smallest absolute Gasteiger partial charge is 0.255 e. The molecule has 10 heteroatoms. The molecule has 4 aromatic rings. The Morgan fingerprint density at radius 3 is 2.42 bits per heavy atom. The number of nitrogens with two attached hydrogens (primary N) is 1. The van der Waals surface area contributed by atoms with E-state index in [0.29, 0.717) is 22.7 Å². The number of hydrogen-bond donors (Lipinski definition) is 4. The van der Waals surface area contributed by atoms with Gasteiger partial charge in [0.1, 0.15) is 9.92 Å². The summed E-state index contributed by atoms with van der Waals surface area (Å²) in [4.78, 5) is 17.2. The summed E-state index contributed by atoms with van der Waals surface area (Å²) in [5, 5.41) is 25.7. The van der Waals surface area contributed by atoms with Crippen LogP contribution in [-0.2, 0) is 9.92 Å². The van der Waals surface area contributed by atoms with Crippen LogP contribution in [0.3, 0.4) is 0 Å². The first-order valence-corrected chi connectivity index (χ1v) is 15.0. The molecule has 1 amide bonds. The number of pyridine rings is 1. The first-order valence-electron chi connectivity index (χ1n) is 13.0. The number of benzene rings is 3. The first-order chi connectivity index (χ1) is 19.2. The molecular formula is C30H29N7O2S. The first kappa shape index (κ1) is 25.8. The van der Waals surface area contributed by atoms with E-state index >= 15 is 0 Å². The number of nitriles is 1. The summed E-state index contributed by atoms with van der Waals surface area (Å²) in [6.45, 7) is 0. The van der Waals surface area contributed by atoms with Crippen LogP contribution in [0, 0.1) is 17.2 Å². The summed E-state index contributed by atoms with van der Waals surface area (Å²) in [5.74, 6) is 0.239. The second-order valence-corrected chi connectivity index (χ2v) is 12.7. The molecule has 3 aromatic carbocycles. The second kappa shape index (κ2) is 9.93. The Morgan fingerprint density at radius 1 is 1.02 bits per heavy atom. The third-order valence-corrected chi connectivity index (χ3v) is 8.33. The quantitative estimate of drug-likeness (QED) is 0.242. The molecule has 1 heterocycles. The third kappa shape index (κ3) is 5.34. The maximum absolute atomic E-state index is 12.9. The van der Waals surface area contributed by atoms with Gasteiger partial charge in [0.2, 0.25) is 0 Å². The standard InChI is InChI=1S/C30H29N7O2S/c1-40(32,39)37-28-17-30(15-21(28)16-30)36-24-9-7-23(8-10-24)35-29(38)20-3-5-22(6-4-20)34-27-12-13-33-26-11-2-19(18-31)14-25(26)27/h2-14,21,28,36H,15-17H2,1H3,(H,33,34)(H,35,38)(H2,32,37,39). The lowest BCUT2D eigenvalue weighted by atomic mass is 9.76. The fraction of sp³-hybridized carbons (Fsp3) is 0.233. The monoisotopic (exact) mass is 551 g/mol. The molecule has 7 rings (SSSR count). The van der Waals surface area contributed by atoms with Crippen molar-refractivity contribution in [1.29, 1.82) is 5.26 Å². The lowest BCUT2D eigenvalue weighted by Gasteiger charge is -2.39. The van der Waals surface area contributed by atoms with Crippen molar-refractivity contribution in [2.45, 2.75) is 30.8 Å². The Balaban J connectivity index is 1.07. The van der Waals surface area contributed by atoms with Crippen LogP contribution >= 0.6 is 0 Å². The van der Waals surface area contributed by atoms with Crippen LogP contribution < -0.4 is 21.1 Å². The van der Waals surface area contributed by atoms with Crippen molar-refractivity contribution in [1.82, 2.24) is 4.98 Å². The van der Waals surface area contributed by atoms with Crippen molar-refractivity contribution in [3.63, 3.8) is 0 Å². The van der Waals surface area contributed by atoms with Gasteiger partial charge in [-0.25, -0.2) is 13.7 Å². The van der Waals surface area contributed by atoms with Crippen molar-refractivity contribution in [2.24, 2.45) is 15.4 Å². The lowest BCUT2D eigenvalue weighted by molar-refractivity contribution is 0.102. The molecule has 2 atom stereocenters. The van der Waals surface area contributed by atoms with E-state index in [0.717, 1.165) is 47.2 Å². The summed E-state index contributed by atoms with van der Waals surface area (Å²) in [6.07, 6.45) is 6.03. The third-order valence-electron chi connectivity index (χ3n) is 7.64. The van der Waals surface area contributed by atoms with Gasteiger partial charge in [-0.15, -0.1) is 0 Å². The normalized spacial score (nSPS) is 22.4. The Bertz CT molecular complexity index is 1760. The Labute approximate surface area is 233 Å². The van der Waals surface area contributed by atoms with Crippen LogP contribution in [-0.4, -0.2) is 32.9 Å². The number of hydrogen-bond acceptors (Lipinski definition) is 7. The van der Waals surface area contributed by atoms with Gasteiger partial charge in [-0.2, -0.15) is 5.26 Å². The van der Waals surface area contributed by atoms with Crippen LogP contribution in [0.5, 0.6) is 0 Å². The van der Waals surface area contributed by atoms with Crippen LogP contribution in [0.1, 0.15) is 35.2 Å². The average Bonchev–Trinajstić information content (AvgIpc) is 3.42. The number of anilines is 4. The SMILES string of the molecule is CS(N)(=O)=NC1CC2(Nc3ccc(NC(=O)c4ccc(Nc5ccnc6ccc(C#N)cc56)cc4)cc3)CC1C2. The number of carbonyl (C=O) groups excluding carboxylic acids is 1. The largest absolute Gasteiger partial charge is 0.380 e. The fourth-order valence-electron chi connectivity index (χ4n) is 5.83. The Morgan fingerprint density at radius 2 is 1.73 bits per heavy atom. The van der Waals surface area contributed by atoms with E-state index in [4.69, 9.17) is 5.14 Å². The molecule has 40 heavy (non-hydrogen) atoms. The molecule has 0 radical (unpaired) electrons. The summed E-state index contributed by atoms with van der Waals surface area (Å²) in [6, 6.07) is 24.3. The van der Waals surface area contributed by atoms with Gasteiger partial charge in [-0.3, -0.25) is 9.78 Å². The highest BCUT2D eigenvalue weighted by molar-refractivity contribution is 7.90. The minimum Gasteiger partial charge on any atom is -0.380 e. The van der Waals surface area contributed by atoms with Crippen molar-refractivity contribution in [3.05, 3.63) is 90.1 Å². The van der Waals surface area contributed by atoms with Crippen LogP contribution in [0.25, 0.3) is 10.9 Å². The van der Waals surface area contributed by atoms with E-state index < -0.39 is 9.92 Å². The highest BCUT2D eigenvalue weighted by Gasteiger charge is 2.56. The van der Waals surface area contributed by atoms with Crippen LogP contribution in [0.2, 0.25) is 0 Å². The minimum atomic E-state index is -2.59. The number of aromatic nitrogens is 1. The predicted molar refractivity (Wildman–Crippen MR) is 159 cm³/mol. The van der Waals surface area contributed by atoms with E-state index in [1.807, 2.05) is 54.6 Å². The Hall–Kier alpha value is -4.46. The summed E-state index contributed by atoms with van der Waals surface area (Å²) >= 11 is 0. The molecule has 0 saturated heterocycles. The summed E-state index contributed by atoms with van der Waals surface area (Å²) < 4.78 is 16.2. The van der Waals surface area contributed by atoms with Gasteiger partial charge in [0.05, 0.1) is 23.2 Å². The topological polar surface area (TPSA) is 145 Å². The second-order valence-electron chi connectivity index (χ2n) is 10.7. The van der Waals surface area contributed by atoms with Gasteiger partial charge in [0.25, 0.3) is 5.91 Å². The molecule has 3 aliphatic rings. The van der Waals surface area contributed by atoms with E-state index in [2.05, 4.69) is 31.4 Å². The lowest BCUT2D eigenvalue weighted by Crippen LogP contribution is -2.43. The average molecular weight is 552 g/mol. The molecular weight excluding hydrogens is 522 g/mol. The summed E-state index contributed by atoms with van der Waals surface area (Å²) in [5.41, 5.74) is 5.19. The van der Waals surface area contributed by atoms with Gasteiger partial charge in [0.15, 0.2) is 0 Å². The minimum absolute atomic E-state index is 0.0232. The van der Waals surface area contributed by atoms with Gasteiger partial charge < -0.3 is 16.0 Å². The maximum Gasteiger partial charge on any atom is 0.255 e. The molecule has 5 N–H and O–H groups in total. The molecule has 2 bridgehead atoms. The zero-order valence-electron chi connectivity index (χ0n) is 21.9. The molecule has 3 aliphatic carbocycles. The molecule has 2 unspecified atom stereocenters. The van der Waals surface area contributed by atoms with E-state index in [1.165, 1.54) is 6.26 Å². The van der Waals surface area contributed by atoms with E-state index in [9.17, 15) is 14.3 Å². The van der Waals surface area contributed by atoms with Crippen molar-refractivity contribution in [2.75, 3.05) is 22.2 Å². The highest BCUT2D eigenvalue weighted by Crippen LogP contribution is 2.55. The number of carbonyl (C=O) groups is 1. The molecule has 9 nitrogen and oxygen atoms in total. The van der Waals surface area contributed by atoms with Gasteiger partial charge in [-0.05, 0) is 98.0 Å². The number of fused-ring (bicyclic) bond motifs is 2. The zero-order valence-corrected chi connectivity index (χ0v) is 22.7. The number of amides is 1. The van der Waals surface area contributed by atoms with Crippen LogP contribution in [0.4, 0.5) is 22.7 Å².